The number of aliphatic hydroxyl groups excluding tert-OH is 1. The van der Waals surface area contributed by atoms with E-state index in [0.717, 1.165) is 31.6 Å². The number of anilines is 1. The second-order valence-electron chi connectivity index (χ2n) is 7.26. The first kappa shape index (κ1) is 20.9. The number of rotatable bonds is 5. The van der Waals surface area contributed by atoms with Crippen LogP contribution in [0.5, 0.6) is 0 Å². The molecule has 0 saturated carbocycles. The molecule has 2 heterocycles. The summed E-state index contributed by atoms with van der Waals surface area (Å²) in [5.41, 5.74) is 8.57. The number of aromatic nitrogens is 2. The van der Waals surface area contributed by atoms with E-state index in [-0.39, 0.29) is 12.0 Å². The number of nitrogens with two attached hydrogens (primary N) is 1. The number of benzene rings is 1. The summed E-state index contributed by atoms with van der Waals surface area (Å²) < 4.78 is 0. The van der Waals surface area contributed by atoms with Gasteiger partial charge in [0.25, 0.3) is 0 Å². The molecule has 1 aliphatic rings. The maximum Gasteiger partial charge on any atom is 0.153 e. The smallest absolute Gasteiger partial charge is 0.153 e. The molecule has 3 rings (SSSR count). The van der Waals surface area contributed by atoms with Crippen LogP contribution in [0.3, 0.4) is 0 Å². The largest absolute Gasteiger partial charge is 0.390 e. The van der Waals surface area contributed by atoms with Crippen molar-refractivity contribution >= 4 is 29.0 Å². The lowest BCUT2D eigenvalue weighted by Gasteiger charge is -2.41. The molecule has 1 saturated heterocycles. The third-order valence-electron chi connectivity index (χ3n) is 5.51. The number of halogens is 2. The third-order valence-corrected chi connectivity index (χ3v) is 6.33. The van der Waals surface area contributed by atoms with Crippen molar-refractivity contribution in [1.82, 2.24) is 9.97 Å². The van der Waals surface area contributed by atoms with Crippen molar-refractivity contribution in [2.45, 2.75) is 32.8 Å². The van der Waals surface area contributed by atoms with Crippen molar-refractivity contribution in [3.63, 3.8) is 0 Å². The van der Waals surface area contributed by atoms with E-state index in [1.807, 2.05) is 19.1 Å². The highest BCUT2D eigenvalue weighted by molar-refractivity contribution is 6.43. The fourth-order valence-corrected chi connectivity index (χ4v) is 4.10. The monoisotopic (exact) mass is 418 g/mol. The van der Waals surface area contributed by atoms with Crippen LogP contribution in [0, 0.1) is 24.7 Å². The standard InChI is InChI=1S/C21H24Cl2N4O/c1-3-7-21(13-24)8-10-27(11-9-21)20-17(12-28)26-19(14(2)25-20)15-5-4-6-16(22)18(15)23/h1,4-6,28H,7-13,24H2,2H3. The van der Waals surface area contributed by atoms with E-state index in [2.05, 4.69) is 15.8 Å². The summed E-state index contributed by atoms with van der Waals surface area (Å²) in [6.07, 6.45) is 7.99. The quantitative estimate of drug-likeness (QED) is 0.721. The van der Waals surface area contributed by atoms with Gasteiger partial charge in [-0.05, 0) is 37.8 Å². The minimum Gasteiger partial charge on any atom is -0.390 e. The number of aliphatic hydroxyl groups is 1. The van der Waals surface area contributed by atoms with E-state index >= 15 is 0 Å². The Morgan fingerprint density at radius 1 is 1.29 bits per heavy atom. The molecule has 0 spiro atoms. The summed E-state index contributed by atoms with van der Waals surface area (Å²) >= 11 is 12.5. The highest BCUT2D eigenvalue weighted by atomic mass is 35.5. The predicted molar refractivity (Wildman–Crippen MR) is 115 cm³/mol. The van der Waals surface area contributed by atoms with Crippen LogP contribution in [-0.2, 0) is 6.61 Å². The van der Waals surface area contributed by atoms with Crippen molar-refractivity contribution in [3.05, 3.63) is 39.6 Å². The molecule has 5 nitrogen and oxygen atoms in total. The minimum absolute atomic E-state index is 0.0125. The van der Waals surface area contributed by atoms with Crippen molar-refractivity contribution in [1.29, 1.82) is 0 Å². The van der Waals surface area contributed by atoms with Gasteiger partial charge in [0, 0.05) is 25.1 Å². The average molecular weight is 419 g/mol. The molecule has 0 amide bonds. The number of hydrogen-bond donors (Lipinski definition) is 2. The van der Waals surface area contributed by atoms with Gasteiger partial charge in [0.2, 0.25) is 0 Å². The van der Waals surface area contributed by atoms with Crippen LogP contribution in [0.25, 0.3) is 11.3 Å². The fourth-order valence-electron chi connectivity index (χ4n) is 3.71. The molecular weight excluding hydrogens is 395 g/mol. The van der Waals surface area contributed by atoms with Gasteiger partial charge in [0.15, 0.2) is 5.82 Å². The predicted octanol–water partition coefficient (Wildman–Crippen LogP) is 3.82. The summed E-state index contributed by atoms with van der Waals surface area (Å²) in [5.74, 6) is 3.46. The summed E-state index contributed by atoms with van der Waals surface area (Å²) in [7, 11) is 0. The molecule has 2 aromatic rings. The van der Waals surface area contributed by atoms with Gasteiger partial charge >= 0.3 is 0 Å². The molecule has 1 aromatic carbocycles. The first-order valence-corrected chi connectivity index (χ1v) is 10.0. The van der Waals surface area contributed by atoms with Gasteiger partial charge in [-0.1, -0.05) is 35.3 Å². The van der Waals surface area contributed by atoms with Crippen molar-refractivity contribution in [2.75, 3.05) is 24.5 Å². The molecule has 1 aromatic heterocycles. The number of aryl methyl sites for hydroxylation is 1. The second kappa shape index (κ2) is 8.67. The van der Waals surface area contributed by atoms with Gasteiger partial charge in [0.05, 0.1) is 28.0 Å². The Morgan fingerprint density at radius 2 is 2.00 bits per heavy atom. The molecule has 0 bridgehead atoms. The highest BCUT2D eigenvalue weighted by Gasteiger charge is 2.34. The van der Waals surface area contributed by atoms with E-state index in [9.17, 15) is 5.11 Å². The maximum atomic E-state index is 9.93. The van der Waals surface area contributed by atoms with Crippen LogP contribution in [0.2, 0.25) is 10.0 Å². The SMILES string of the molecule is C#CCC1(CN)CCN(c2nc(C)c(-c3cccc(Cl)c3Cl)nc2CO)CC1. The van der Waals surface area contributed by atoms with Gasteiger partial charge in [0.1, 0.15) is 5.69 Å². The van der Waals surface area contributed by atoms with Crippen LogP contribution >= 0.6 is 23.2 Å². The molecule has 0 radical (unpaired) electrons. The Balaban J connectivity index is 1.93. The van der Waals surface area contributed by atoms with Gasteiger partial charge in [-0.15, -0.1) is 12.3 Å². The molecule has 3 N–H and O–H groups in total. The second-order valence-corrected chi connectivity index (χ2v) is 8.04. The Bertz CT molecular complexity index is 902. The maximum absolute atomic E-state index is 9.93. The number of piperidine rings is 1. The summed E-state index contributed by atoms with van der Waals surface area (Å²) in [6, 6.07) is 5.40. The first-order chi connectivity index (χ1) is 13.4. The van der Waals surface area contributed by atoms with E-state index in [0.29, 0.717) is 45.8 Å². The zero-order valence-electron chi connectivity index (χ0n) is 15.9. The minimum atomic E-state index is -0.212. The molecule has 7 heteroatoms. The van der Waals surface area contributed by atoms with Crippen molar-refractivity contribution < 1.29 is 5.11 Å². The molecule has 148 valence electrons. The molecule has 0 atom stereocenters. The van der Waals surface area contributed by atoms with Crippen LogP contribution in [0.4, 0.5) is 5.82 Å². The van der Waals surface area contributed by atoms with Gasteiger partial charge in [-0.25, -0.2) is 9.97 Å². The Labute approximate surface area is 175 Å². The van der Waals surface area contributed by atoms with E-state index in [1.165, 1.54) is 0 Å². The number of hydrogen-bond acceptors (Lipinski definition) is 5. The number of terminal acetylenes is 1. The van der Waals surface area contributed by atoms with Crippen LogP contribution in [0.1, 0.15) is 30.7 Å². The molecule has 0 unspecified atom stereocenters. The van der Waals surface area contributed by atoms with Gasteiger partial charge in [-0.3, -0.25) is 0 Å². The Kier molecular flexibility index (Phi) is 6.47. The normalized spacial score (nSPS) is 16.1. The zero-order valence-corrected chi connectivity index (χ0v) is 17.4. The summed E-state index contributed by atoms with van der Waals surface area (Å²) in [5, 5.41) is 10.8. The van der Waals surface area contributed by atoms with Gasteiger partial charge in [-0.2, -0.15) is 0 Å². The summed E-state index contributed by atoms with van der Waals surface area (Å²) in [6.45, 7) is 3.80. The Hall–Kier alpha value is -1.84. The lowest BCUT2D eigenvalue weighted by molar-refractivity contribution is 0.233. The van der Waals surface area contributed by atoms with Crippen molar-refractivity contribution in [2.24, 2.45) is 11.1 Å². The molecule has 1 fully saturated rings. The topological polar surface area (TPSA) is 75.3 Å². The lowest BCUT2D eigenvalue weighted by Crippen LogP contribution is -2.44. The Morgan fingerprint density at radius 3 is 2.61 bits per heavy atom. The molecule has 1 aliphatic heterocycles. The molecular formula is C21H24Cl2N4O. The first-order valence-electron chi connectivity index (χ1n) is 9.26. The van der Waals surface area contributed by atoms with E-state index in [4.69, 9.17) is 40.3 Å². The lowest BCUT2D eigenvalue weighted by atomic mass is 9.76. The summed E-state index contributed by atoms with van der Waals surface area (Å²) in [4.78, 5) is 11.6. The average Bonchev–Trinajstić information content (AvgIpc) is 2.71. The molecule has 0 aliphatic carbocycles. The fraction of sp³-hybridized carbons (Fsp3) is 0.429. The number of nitrogens with zero attached hydrogens (tertiary/aromatic N) is 3. The zero-order chi connectivity index (χ0) is 20.3. The van der Waals surface area contributed by atoms with Crippen LogP contribution in [-0.4, -0.2) is 34.7 Å². The van der Waals surface area contributed by atoms with Crippen LogP contribution in [0.15, 0.2) is 18.2 Å². The third kappa shape index (κ3) is 3.97. The van der Waals surface area contributed by atoms with Crippen LogP contribution < -0.4 is 10.6 Å². The van der Waals surface area contributed by atoms with E-state index < -0.39 is 0 Å². The molecule has 28 heavy (non-hydrogen) atoms. The van der Waals surface area contributed by atoms with Gasteiger partial charge < -0.3 is 15.7 Å². The highest BCUT2D eigenvalue weighted by Crippen LogP contribution is 2.38. The van der Waals surface area contributed by atoms with E-state index in [1.54, 1.807) is 6.07 Å². The van der Waals surface area contributed by atoms with Crippen molar-refractivity contribution in [3.8, 4) is 23.6 Å².